The molecule has 0 fully saturated rings. The van der Waals surface area contributed by atoms with E-state index in [9.17, 15) is 28.8 Å². The monoisotopic (exact) mass is 616 g/mol. The Bertz CT molecular complexity index is 748. The van der Waals surface area contributed by atoms with Crippen molar-refractivity contribution in [2.45, 2.75) is 36.9 Å². The Hall–Kier alpha value is 0.296. The Balaban J connectivity index is -0.0000000218. The molecule has 0 aliphatic heterocycles. The largest absolute Gasteiger partial charge is 2.00 e. The molecule has 0 aromatic rings. The molecule has 25 heteroatoms. The minimum absolute atomic E-state index is 0. The second-order valence-electron chi connectivity index (χ2n) is 5.40. The summed E-state index contributed by atoms with van der Waals surface area (Å²) in [5, 5.41) is 67.6. The molecule has 0 amide bonds. The van der Waals surface area contributed by atoms with Gasteiger partial charge in [0.15, 0.2) is 11.2 Å². The van der Waals surface area contributed by atoms with Gasteiger partial charge in [-0.1, -0.05) is 0 Å². The molecule has 20 nitrogen and oxygen atoms in total. The first-order valence-electron chi connectivity index (χ1n) is 7.04. The predicted molar refractivity (Wildman–Crippen MR) is 107 cm³/mol. The third-order valence-corrected chi connectivity index (χ3v) is 2.57. The number of aliphatic hydroxyl groups is 2. The van der Waals surface area contributed by atoms with Crippen LogP contribution in [0.25, 0.3) is 0 Å². The number of carbonyl (C=O) groups is 6. The number of carboxylic acids is 6. The van der Waals surface area contributed by atoms with Crippen LogP contribution in [0.5, 0.6) is 0 Å². The van der Waals surface area contributed by atoms with Crippen LogP contribution >= 0.6 is 0 Å². The van der Waals surface area contributed by atoms with E-state index in [1.54, 1.807) is 0 Å². The van der Waals surface area contributed by atoms with E-state index < -0.39 is 83.1 Å². The molecule has 0 radical (unpaired) electrons. The van der Waals surface area contributed by atoms with Gasteiger partial charge in [-0.25, -0.2) is 9.59 Å². The van der Waals surface area contributed by atoms with E-state index in [0.717, 1.165) is 0 Å². The zero-order valence-corrected chi connectivity index (χ0v) is 27.9. The fraction of sp³-hybridized carbons (Fsp3) is 0.500. The van der Waals surface area contributed by atoms with Crippen LogP contribution in [-0.4, -0.2) is 139 Å². The summed E-state index contributed by atoms with van der Waals surface area (Å²) < 4.78 is 31.6. The van der Waals surface area contributed by atoms with E-state index in [1.165, 1.54) is 0 Å². The maximum atomic E-state index is 10.3. The minimum atomic E-state index is -4.67. The quantitative estimate of drug-likeness (QED) is 0.0803. The zero-order valence-electron chi connectivity index (χ0n) is 24.7. The molecule has 14 N–H and O–H groups in total. The van der Waals surface area contributed by atoms with Gasteiger partial charge < -0.3 is 58.9 Å². The van der Waals surface area contributed by atoms with Crippen LogP contribution in [0, 0.1) is 0 Å². The van der Waals surface area contributed by atoms with Crippen molar-refractivity contribution in [1.82, 2.24) is 0 Å². The van der Waals surface area contributed by atoms with Gasteiger partial charge in [0.25, 0.3) is 0 Å². The average molecular weight is 617 g/mol. The Labute approximate surface area is 297 Å². The molecular weight excluding hydrogens is 589 g/mol. The molecule has 0 unspecified atom stereocenters. The van der Waals surface area contributed by atoms with Gasteiger partial charge in [0.05, 0.1) is 25.7 Å². The normalized spacial score (nSPS) is 9.19. The fourth-order valence-electron chi connectivity index (χ4n) is 1.43. The summed E-state index contributed by atoms with van der Waals surface area (Å²) in [6.45, 7) is 0. The molecule has 0 atom stereocenters. The van der Waals surface area contributed by atoms with Crippen molar-refractivity contribution >= 4 is 69.3 Å². The molecule has 0 rings (SSSR count). The molecule has 0 aromatic heterocycles. The number of carboxylic acid groups (broad SMARTS) is 6. The van der Waals surface area contributed by atoms with Crippen molar-refractivity contribution in [2.75, 3.05) is 0 Å². The van der Waals surface area contributed by atoms with Crippen LogP contribution in [0.4, 0.5) is 0 Å². The van der Waals surface area contributed by atoms with Gasteiger partial charge in [0.1, 0.15) is 0 Å². The van der Waals surface area contributed by atoms with Crippen LogP contribution in [0.2, 0.25) is 0 Å². The minimum Gasteiger partial charge on any atom is -1.00 e. The van der Waals surface area contributed by atoms with Gasteiger partial charge in [-0.05, 0) is 0 Å². The molecular formula is C12H27MgNa3O20S. The average Bonchev–Trinajstić information content (AvgIpc) is 2.41. The van der Waals surface area contributed by atoms with E-state index in [0.29, 0.717) is 0 Å². The summed E-state index contributed by atoms with van der Waals surface area (Å²) in [7, 11) is -4.67. The van der Waals surface area contributed by atoms with Crippen molar-refractivity contribution in [3.63, 3.8) is 0 Å². The van der Waals surface area contributed by atoms with E-state index in [4.69, 9.17) is 58.4 Å². The maximum absolute atomic E-state index is 10.3. The Morgan fingerprint density at radius 2 is 0.649 bits per heavy atom. The third kappa shape index (κ3) is 40.9. The second kappa shape index (κ2) is 27.8. The van der Waals surface area contributed by atoms with Crippen LogP contribution in [-0.2, 0) is 39.2 Å². The molecule has 0 heterocycles. The molecule has 0 aliphatic rings. The number of hydrogen-bond donors (Lipinski definition) is 10. The van der Waals surface area contributed by atoms with Crippen molar-refractivity contribution in [3.8, 4) is 0 Å². The number of rotatable bonds is 10. The molecule has 0 saturated heterocycles. The fourth-order valence-corrected chi connectivity index (χ4v) is 1.43. The zero-order chi connectivity index (χ0) is 25.8. The first kappa shape index (κ1) is 61.4. The molecule has 0 aromatic carbocycles. The SMILES string of the molecule is O.O.O=C(O)CC(O)(CC(=O)O)C(=O)O.O=C(O)CC(O)(CC(=O)O)C(=O)O.O=S(=O)(O)O.[H-].[H-].[H-].[H-].[H-].[Mg+2].[Na+].[Na+].[Na+]. The van der Waals surface area contributed by atoms with Gasteiger partial charge in [-0.15, -0.1) is 0 Å². The summed E-state index contributed by atoms with van der Waals surface area (Å²) in [5.41, 5.74) is -5.48. The van der Waals surface area contributed by atoms with Gasteiger partial charge in [0.2, 0.25) is 0 Å². The van der Waals surface area contributed by atoms with Crippen molar-refractivity contribution in [1.29, 1.82) is 0 Å². The smallest absolute Gasteiger partial charge is 1.00 e. The first-order chi connectivity index (χ1) is 13.6. The molecule has 0 aliphatic carbocycles. The summed E-state index contributed by atoms with van der Waals surface area (Å²) in [6.07, 6.45) is -4.58. The number of aliphatic carboxylic acids is 6. The molecule has 0 spiro atoms. The summed E-state index contributed by atoms with van der Waals surface area (Å²) in [4.78, 5) is 61.0. The van der Waals surface area contributed by atoms with Gasteiger partial charge in [-0.3, -0.25) is 28.3 Å². The predicted octanol–water partition coefficient (Wildman–Crippen LogP) is -13.6. The third-order valence-electron chi connectivity index (χ3n) is 2.57. The first-order valence-corrected chi connectivity index (χ1v) is 8.44. The van der Waals surface area contributed by atoms with Crippen molar-refractivity contribution < 1.29 is 194 Å². The van der Waals surface area contributed by atoms with E-state index in [2.05, 4.69) is 0 Å². The summed E-state index contributed by atoms with van der Waals surface area (Å²) in [6, 6.07) is 0. The standard InChI is InChI=1S/2C6H8O7.Mg.3Na.H2O4S.2H2O.5H/c2*7-3(8)1-6(13,5(11)12)2-4(9)10;;;;;1-5(2,3)4;;;;;;;/h2*13H,1-2H2,(H,7,8)(H,9,10)(H,11,12);;;;;(H2,1,2,3,4);2*1H2;;;;;/q;;+2;3*+1;;;;5*-1. The van der Waals surface area contributed by atoms with E-state index in [1.807, 2.05) is 0 Å². The van der Waals surface area contributed by atoms with Gasteiger partial charge >= 0.3 is 158 Å². The molecule has 37 heavy (non-hydrogen) atoms. The van der Waals surface area contributed by atoms with Crippen molar-refractivity contribution in [3.05, 3.63) is 0 Å². The van der Waals surface area contributed by atoms with Gasteiger partial charge in [-0.2, -0.15) is 8.42 Å². The Morgan fingerprint density at radius 3 is 0.703 bits per heavy atom. The van der Waals surface area contributed by atoms with Crippen molar-refractivity contribution in [2.24, 2.45) is 0 Å². The second-order valence-corrected chi connectivity index (χ2v) is 6.30. The van der Waals surface area contributed by atoms with Crippen LogP contribution in [0.1, 0.15) is 32.8 Å². The van der Waals surface area contributed by atoms with Crippen LogP contribution < -0.4 is 88.7 Å². The topological polar surface area (TPSA) is 402 Å². The van der Waals surface area contributed by atoms with Gasteiger partial charge in [0, 0.05) is 0 Å². The van der Waals surface area contributed by atoms with Crippen LogP contribution in [0.3, 0.4) is 0 Å². The number of hydrogen-bond acceptors (Lipinski definition) is 10. The van der Waals surface area contributed by atoms with Crippen LogP contribution in [0.15, 0.2) is 0 Å². The van der Waals surface area contributed by atoms with E-state index in [-0.39, 0.29) is 130 Å². The summed E-state index contributed by atoms with van der Waals surface area (Å²) >= 11 is 0. The molecule has 206 valence electrons. The molecule has 0 bridgehead atoms. The Kier molecular flexibility index (Phi) is 46.2. The van der Waals surface area contributed by atoms with E-state index >= 15 is 0 Å². The Morgan fingerprint density at radius 1 is 0.541 bits per heavy atom. The maximum Gasteiger partial charge on any atom is 2.00 e. The summed E-state index contributed by atoms with van der Waals surface area (Å²) in [5.74, 6) is -10.0. The molecule has 0 saturated carbocycles.